The van der Waals surface area contributed by atoms with Crippen LogP contribution in [0.4, 0.5) is 0 Å². The van der Waals surface area contributed by atoms with E-state index in [0.29, 0.717) is 11.8 Å². The van der Waals surface area contributed by atoms with Gasteiger partial charge in [0.1, 0.15) is 0 Å². The molecule has 1 heterocycles. The van der Waals surface area contributed by atoms with Crippen LogP contribution in [-0.2, 0) is 14.3 Å². The zero-order valence-electron chi connectivity index (χ0n) is 12.4. The molecule has 0 spiro atoms. The van der Waals surface area contributed by atoms with Gasteiger partial charge in [0.2, 0.25) is 0 Å². The van der Waals surface area contributed by atoms with Crippen molar-refractivity contribution < 1.29 is 14.3 Å². The molecule has 110 valence electrons. The van der Waals surface area contributed by atoms with Gasteiger partial charge in [0.05, 0.1) is 11.8 Å². The molecule has 1 saturated heterocycles. The lowest BCUT2D eigenvalue weighted by atomic mass is 9.48. The normalized spacial score (nSPS) is 39.9. The van der Waals surface area contributed by atoms with Crippen LogP contribution in [0.1, 0.15) is 49.7 Å². The summed E-state index contributed by atoms with van der Waals surface area (Å²) in [5.74, 6) is 0.208. The van der Waals surface area contributed by atoms with Gasteiger partial charge >= 0.3 is 11.9 Å². The molecule has 1 aromatic rings. The number of esters is 2. The molecule has 2 fully saturated rings. The van der Waals surface area contributed by atoms with Gasteiger partial charge in [-0.05, 0) is 23.0 Å². The number of fused-ring (bicyclic) bond motifs is 1. The molecule has 3 heteroatoms. The summed E-state index contributed by atoms with van der Waals surface area (Å²) in [4.78, 5) is 24.5. The molecule has 2 bridgehead atoms. The van der Waals surface area contributed by atoms with Crippen LogP contribution in [0.25, 0.3) is 0 Å². The van der Waals surface area contributed by atoms with Gasteiger partial charge < -0.3 is 4.74 Å². The van der Waals surface area contributed by atoms with Gasteiger partial charge in [0, 0.05) is 11.8 Å². The van der Waals surface area contributed by atoms with Crippen molar-refractivity contribution in [1.82, 2.24) is 0 Å². The maximum absolute atomic E-state index is 12.2. The number of rotatable bonds is 2. The Balaban J connectivity index is 1.95. The van der Waals surface area contributed by atoms with Crippen molar-refractivity contribution in [2.75, 3.05) is 0 Å². The van der Waals surface area contributed by atoms with Crippen LogP contribution in [0.3, 0.4) is 0 Å². The second kappa shape index (κ2) is 4.43. The van der Waals surface area contributed by atoms with Crippen molar-refractivity contribution in [3.63, 3.8) is 0 Å². The molecule has 0 N–H and O–H groups in total. The third-order valence-corrected chi connectivity index (χ3v) is 6.04. The van der Waals surface area contributed by atoms with E-state index in [1.54, 1.807) is 0 Å². The van der Waals surface area contributed by atoms with E-state index in [0.717, 1.165) is 12.8 Å². The standard InChI is InChI=1S/C18H20O3/c1-3-9-10(4-2)14-12-8-6-5-7-11(12)13(9)15-16(14)18(20)21-17(15)19/h5-10,13-16H,3-4H2,1-2H3/t9-,10+,13-,14-,15-,16-/m1/s1. The summed E-state index contributed by atoms with van der Waals surface area (Å²) in [6, 6.07) is 8.39. The molecule has 5 rings (SSSR count). The van der Waals surface area contributed by atoms with Crippen LogP contribution >= 0.6 is 0 Å². The predicted octanol–water partition coefficient (Wildman–Crippen LogP) is 3.25. The van der Waals surface area contributed by atoms with Crippen LogP contribution in [0.5, 0.6) is 0 Å². The van der Waals surface area contributed by atoms with Gasteiger partial charge in [-0.3, -0.25) is 9.59 Å². The van der Waals surface area contributed by atoms with Gasteiger partial charge in [-0.25, -0.2) is 0 Å². The molecule has 3 aliphatic carbocycles. The summed E-state index contributed by atoms with van der Waals surface area (Å²) in [5.41, 5.74) is 2.57. The molecule has 6 atom stereocenters. The lowest BCUT2D eigenvalue weighted by molar-refractivity contribution is -0.153. The van der Waals surface area contributed by atoms with Gasteiger partial charge in [-0.2, -0.15) is 0 Å². The van der Waals surface area contributed by atoms with Gasteiger partial charge in [-0.15, -0.1) is 0 Å². The third kappa shape index (κ3) is 1.49. The van der Waals surface area contributed by atoms with E-state index in [9.17, 15) is 9.59 Å². The summed E-state index contributed by atoms with van der Waals surface area (Å²) in [5, 5.41) is 0. The average molecular weight is 284 g/mol. The number of ether oxygens (including phenoxy) is 1. The summed E-state index contributed by atoms with van der Waals surface area (Å²) < 4.78 is 5.03. The van der Waals surface area contributed by atoms with Crippen molar-refractivity contribution in [2.45, 2.75) is 38.5 Å². The van der Waals surface area contributed by atoms with Crippen LogP contribution < -0.4 is 0 Å². The molecule has 1 aliphatic heterocycles. The number of carbonyl (C=O) groups is 2. The highest BCUT2D eigenvalue weighted by Gasteiger charge is 2.63. The van der Waals surface area contributed by atoms with Gasteiger partial charge in [0.25, 0.3) is 0 Å². The lowest BCUT2D eigenvalue weighted by Crippen LogP contribution is -2.49. The zero-order valence-corrected chi connectivity index (χ0v) is 12.4. The van der Waals surface area contributed by atoms with Crippen LogP contribution in [0.15, 0.2) is 24.3 Å². The molecule has 0 amide bonds. The molecule has 0 unspecified atom stereocenters. The van der Waals surface area contributed by atoms with Crippen molar-refractivity contribution >= 4 is 11.9 Å². The van der Waals surface area contributed by atoms with E-state index in [2.05, 4.69) is 26.0 Å². The molecule has 1 saturated carbocycles. The summed E-state index contributed by atoms with van der Waals surface area (Å²) in [7, 11) is 0. The van der Waals surface area contributed by atoms with E-state index >= 15 is 0 Å². The first-order valence-corrected chi connectivity index (χ1v) is 8.03. The molecule has 0 radical (unpaired) electrons. The zero-order chi connectivity index (χ0) is 14.7. The van der Waals surface area contributed by atoms with Crippen molar-refractivity contribution in [3.05, 3.63) is 35.4 Å². The molecule has 4 aliphatic rings. The highest BCUT2D eigenvalue weighted by Crippen LogP contribution is 2.64. The molecule has 0 aromatic heterocycles. The second-order valence-corrected chi connectivity index (χ2v) is 6.62. The second-order valence-electron chi connectivity index (χ2n) is 6.62. The first-order valence-electron chi connectivity index (χ1n) is 8.03. The van der Waals surface area contributed by atoms with Crippen molar-refractivity contribution in [3.8, 4) is 0 Å². The number of hydrogen-bond donors (Lipinski definition) is 0. The number of hydrogen-bond acceptors (Lipinski definition) is 3. The maximum Gasteiger partial charge on any atom is 0.318 e. The molecular formula is C18H20O3. The van der Waals surface area contributed by atoms with Crippen LogP contribution in [0, 0.1) is 23.7 Å². The third-order valence-electron chi connectivity index (χ3n) is 6.04. The molecule has 21 heavy (non-hydrogen) atoms. The lowest BCUT2D eigenvalue weighted by Gasteiger charge is -2.53. The van der Waals surface area contributed by atoms with Crippen molar-refractivity contribution in [2.24, 2.45) is 23.7 Å². The van der Waals surface area contributed by atoms with Gasteiger partial charge in [0.15, 0.2) is 0 Å². The van der Waals surface area contributed by atoms with E-state index in [-0.39, 0.29) is 35.6 Å². The number of carbonyl (C=O) groups excluding carboxylic acids is 2. The number of benzene rings is 1. The monoisotopic (exact) mass is 284 g/mol. The Morgan fingerprint density at radius 3 is 1.62 bits per heavy atom. The quantitative estimate of drug-likeness (QED) is 0.618. The fourth-order valence-electron chi connectivity index (χ4n) is 5.41. The minimum absolute atomic E-state index is 0.157. The fraction of sp³-hybridized carbons (Fsp3) is 0.556. The highest BCUT2D eigenvalue weighted by molar-refractivity contribution is 5.98. The highest BCUT2D eigenvalue weighted by atomic mass is 16.6. The average Bonchev–Trinajstić information content (AvgIpc) is 2.82. The van der Waals surface area contributed by atoms with Crippen molar-refractivity contribution in [1.29, 1.82) is 0 Å². The summed E-state index contributed by atoms with van der Waals surface area (Å²) >= 11 is 0. The van der Waals surface area contributed by atoms with Gasteiger partial charge in [-0.1, -0.05) is 51.0 Å². The van der Waals surface area contributed by atoms with E-state index in [1.165, 1.54) is 11.1 Å². The molecule has 3 nitrogen and oxygen atoms in total. The summed E-state index contributed by atoms with van der Waals surface area (Å²) in [6.45, 7) is 4.40. The Bertz CT molecular complexity index is 568. The minimum atomic E-state index is -0.289. The van der Waals surface area contributed by atoms with Crippen LogP contribution in [0.2, 0.25) is 0 Å². The Kier molecular flexibility index (Phi) is 2.75. The minimum Gasteiger partial charge on any atom is -0.393 e. The largest absolute Gasteiger partial charge is 0.393 e. The summed E-state index contributed by atoms with van der Waals surface area (Å²) in [6.07, 6.45) is 2.11. The van der Waals surface area contributed by atoms with Crippen LogP contribution in [-0.4, -0.2) is 11.9 Å². The maximum atomic E-state index is 12.2. The van der Waals surface area contributed by atoms with E-state index in [4.69, 9.17) is 4.74 Å². The van der Waals surface area contributed by atoms with E-state index in [1.807, 2.05) is 12.1 Å². The SMILES string of the molecule is CC[C@@H]1[C@H](CC)[C@@H]2c3ccccc3[C@@H]1[C@H]1C(=O)OC(=O)[C@@H]12. The Labute approximate surface area is 124 Å². The van der Waals surface area contributed by atoms with E-state index < -0.39 is 0 Å². The topological polar surface area (TPSA) is 43.4 Å². The number of cyclic esters (lactones) is 2. The predicted molar refractivity (Wildman–Crippen MR) is 77.6 cm³/mol. The molecule has 1 aromatic carbocycles. The smallest absolute Gasteiger partial charge is 0.318 e. The first kappa shape index (κ1) is 13.1. The fourth-order valence-corrected chi connectivity index (χ4v) is 5.41. The Morgan fingerprint density at radius 2 is 1.24 bits per heavy atom. The molecular weight excluding hydrogens is 264 g/mol. The Hall–Kier alpha value is -1.64. The first-order chi connectivity index (χ1) is 10.2. The Morgan fingerprint density at radius 1 is 0.810 bits per heavy atom.